The van der Waals surface area contributed by atoms with Gasteiger partial charge in [0.05, 0.1) is 16.0 Å². The van der Waals surface area contributed by atoms with E-state index in [1.165, 1.54) is 12.1 Å². The second kappa shape index (κ2) is 8.10. The minimum atomic E-state index is -0.239. The number of halogens is 1. The molecule has 0 saturated heterocycles. The van der Waals surface area contributed by atoms with Gasteiger partial charge in [0.2, 0.25) is 0 Å². The summed E-state index contributed by atoms with van der Waals surface area (Å²) in [4.78, 5) is 9.86. The zero-order chi connectivity index (χ0) is 18.6. The molecule has 0 amide bonds. The Morgan fingerprint density at radius 2 is 2.04 bits per heavy atom. The number of hydrogen-bond acceptors (Lipinski definition) is 7. The van der Waals surface area contributed by atoms with E-state index in [-0.39, 0.29) is 5.82 Å². The molecule has 3 heterocycles. The van der Waals surface area contributed by atoms with Crippen molar-refractivity contribution in [2.45, 2.75) is 37.1 Å². The van der Waals surface area contributed by atoms with Crippen molar-refractivity contribution in [3.8, 4) is 10.4 Å². The van der Waals surface area contributed by atoms with Gasteiger partial charge in [0.15, 0.2) is 5.82 Å². The van der Waals surface area contributed by atoms with Gasteiger partial charge in [0, 0.05) is 11.4 Å². The second-order valence-electron chi connectivity index (χ2n) is 5.97. The van der Waals surface area contributed by atoms with Crippen molar-refractivity contribution in [3.05, 3.63) is 48.3 Å². The summed E-state index contributed by atoms with van der Waals surface area (Å²) >= 11 is 3.21. The predicted octanol–water partition coefficient (Wildman–Crippen LogP) is 4.58. The van der Waals surface area contributed by atoms with E-state index in [9.17, 15) is 4.39 Å². The SMILES string of the molecule is CCCCn1nnnc1CSc1ncnc2cc(-c3ccc(F)cc3)sc12. The molecule has 4 aromatic rings. The highest BCUT2D eigenvalue weighted by atomic mass is 32.2. The van der Waals surface area contributed by atoms with Gasteiger partial charge in [-0.3, -0.25) is 0 Å². The van der Waals surface area contributed by atoms with Crippen LogP contribution < -0.4 is 0 Å². The Labute approximate surface area is 163 Å². The molecule has 6 nitrogen and oxygen atoms in total. The maximum atomic E-state index is 13.2. The number of aryl methyl sites for hydroxylation is 1. The summed E-state index contributed by atoms with van der Waals surface area (Å²) in [5.74, 6) is 1.25. The van der Waals surface area contributed by atoms with Crippen LogP contribution in [0.3, 0.4) is 0 Å². The largest absolute Gasteiger partial charge is 0.235 e. The molecule has 9 heteroatoms. The number of aromatic nitrogens is 6. The molecule has 0 aliphatic heterocycles. The number of nitrogens with zero attached hydrogens (tertiary/aromatic N) is 6. The van der Waals surface area contributed by atoms with Crippen LogP contribution in [0.1, 0.15) is 25.6 Å². The van der Waals surface area contributed by atoms with Crippen molar-refractivity contribution in [1.29, 1.82) is 0 Å². The van der Waals surface area contributed by atoms with E-state index in [4.69, 9.17) is 0 Å². The number of thioether (sulfide) groups is 1. The van der Waals surface area contributed by atoms with Gasteiger partial charge in [0.25, 0.3) is 0 Å². The van der Waals surface area contributed by atoms with Crippen molar-refractivity contribution in [2.24, 2.45) is 0 Å². The molecule has 138 valence electrons. The first-order chi connectivity index (χ1) is 13.2. The summed E-state index contributed by atoms with van der Waals surface area (Å²) in [5, 5.41) is 12.9. The molecule has 0 fully saturated rings. The molecule has 0 aliphatic rings. The van der Waals surface area contributed by atoms with E-state index < -0.39 is 0 Å². The Balaban J connectivity index is 1.57. The number of benzene rings is 1. The van der Waals surface area contributed by atoms with E-state index >= 15 is 0 Å². The molecule has 0 spiro atoms. The fraction of sp³-hybridized carbons (Fsp3) is 0.278. The summed E-state index contributed by atoms with van der Waals surface area (Å²) < 4.78 is 16.1. The molecule has 0 aliphatic carbocycles. The second-order valence-corrected chi connectivity index (χ2v) is 7.99. The summed E-state index contributed by atoms with van der Waals surface area (Å²) in [7, 11) is 0. The summed E-state index contributed by atoms with van der Waals surface area (Å²) in [6.07, 6.45) is 3.72. The summed E-state index contributed by atoms with van der Waals surface area (Å²) in [5.41, 5.74) is 1.86. The molecule has 0 saturated carbocycles. The van der Waals surface area contributed by atoms with Gasteiger partial charge >= 0.3 is 0 Å². The summed E-state index contributed by atoms with van der Waals surface area (Å²) in [6.45, 7) is 2.97. The van der Waals surface area contributed by atoms with Crippen LogP contribution in [-0.2, 0) is 12.3 Å². The van der Waals surface area contributed by atoms with Gasteiger partial charge in [-0.05, 0) is 40.6 Å². The average molecular weight is 401 g/mol. The smallest absolute Gasteiger partial charge is 0.161 e. The van der Waals surface area contributed by atoms with E-state index in [0.29, 0.717) is 5.75 Å². The zero-order valence-corrected chi connectivity index (χ0v) is 16.3. The van der Waals surface area contributed by atoms with Crippen LogP contribution in [0.4, 0.5) is 4.39 Å². The zero-order valence-electron chi connectivity index (χ0n) is 14.7. The van der Waals surface area contributed by atoms with Gasteiger partial charge in [-0.25, -0.2) is 19.0 Å². The highest BCUT2D eigenvalue weighted by Gasteiger charge is 2.13. The number of thiophene rings is 1. The lowest BCUT2D eigenvalue weighted by Gasteiger charge is -2.03. The molecule has 0 N–H and O–H groups in total. The molecule has 4 rings (SSSR count). The Hall–Kier alpha value is -2.39. The highest BCUT2D eigenvalue weighted by molar-refractivity contribution is 7.98. The van der Waals surface area contributed by atoms with Crippen molar-refractivity contribution >= 4 is 33.3 Å². The molecule has 0 radical (unpaired) electrons. The number of tetrazole rings is 1. The highest BCUT2D eigenvalue weighted by Crippen LogP contribution is 2.37. The van der Waals surface area contributed by atoms with E-state index in [0.717, 1.165) is 50.9 Å². The maximum Gasteiger partial charge on any atom is 0.161 e. The predicted molar refractivity (Wildman–Crippen MR) is 105 cm³/mol. The quantitative estimate of drug-likeness (QED) is 0.334. The third-order valence-electron chi connectivity index (χ3n) is 4.07. The first-order valence-corrected chi connectivity index (χ1v) is 10.4. The molecular weight excluding hydrogens is 383 g/mol. The van der Waals surface area contributed by atoms with Crippen molar-refractivity contribution in [1.82, 2.24) is 30.2 Å². The topological polar surface area (TPSA) is 69.4 Å². The lowest BCUT2D eigenvalue weighted by Crippen LogP contribution is -2.05. The van der Waals surface area contributed by atoms with Gasteiger partial charge in [-0.2, -0.15) is 0 Å². The van der Waals surface area contributed by atoms with E-state index in [1.54, 1.807) is 41.6 Å². The number of rotatable bonds is 7. The van der Waals surface area contributed by atoms with Crippen LogP contribution in [0.5, 0.6) is 0 Å². The third-order valence-corrected chi connectivity index (χ3v) is 6.37. The first-order valence-electron chi connectivity index (χ1n) is 8.63. The van der Waals surface area contributed by atoms with Crippen molar-refractivity contribution in [3.63, 3.8) is 0 Å². The Morgan fingerprint density at radius 3 is 2.85 bits per heavy atom. The standard InChI is InChI=1S/C18H17FN6S2/c1-2-3-8-25-16(22-23-24-25)10-26-18-17-14(20-11-21-18)9-15(27-17)12-4-6-13(19)7-5-12/h4-7,9,11H,2-3,8,10H2,1H3. The lowest BCUT2D eigenvalue weighted by atomic mass is 10.2. The third kappa shape index (κ3) is 3.98. The van der Waals surface area contributed by atoms with Crippen LogP contribution >= 0.6 is 23.1 Å². The molecule has 27 heavy (non-hydrogen) atoms. The van der Waals surface area contributed by atoms with Crippen LogP contribution in [0.2, 0.25) is 0 Å². The van der Waals surface area contributed by atoms with Crippen LogP contribution in [-0.4, -0.2) is 30.2 Å². The van der Waals surface area contributed by atoms with Gasteiger partial charge in [-0.15, -0.1) is 16.4 Å². The molecule has 1 aromatic carbocycles. The van der Waals surface area contributed by atoms with E-state index in [1.807, 2.05) is 10.7 Å². The van der Waals surface area contributed by atoms with Crippen LogP contribution in [0.15, 0.2) is 41.7 Å². The van der Waals surface area contributed by atoms with Gasteiger partial charge < -0.3 is 0 Å². The minimum absolute atomic E-state index is 0.239. The molecule has 0 unspecified atom stereocenters. The van der Waals surface area contributed by atoms with Crippen molar-refractivity contribution in [2.75, 3.05) is 0 Å². The number of hydrogen-bond donors (Lipinski definition) is 0. The summed E-state index contributed by atoms with van der Waals surface area (Å²) in [6, 6.07) is 8.52. The van der Waals surface area contributed by atoms with Crippen molar-refractivity contribution < 1.29 is 4.39 Å². The first kappa shape index (κ1) is 18.0. The monoisotopic (exact) mass is 400 g/mol. The lowest BCUT2D eigenvalue weighted by molar-refractivity contribution is 0.540. The number of unbranched alkanes of at least 4 members (excludes halogenated alkanes) is 1. The fourth-order valence-electron chi connectivity index (χ4n) is 2.63. The number of fused-ring (bicyclic) bond motifs is 1. The van der Waals surface area contributed by atoms with E-state index in [2.05, 4.69) is 32.4 Å². The molecule has 3 aromatic heterocycles. The van der Waals surface area contributed by atoms with Crippen LogP contribution in [0.25, 0.3) is 20.7 Å². The van der Waals surface area contributed by atoms with Gasteiger partial charge in [0.1, 0.15) is 17.2 Å². The normalized spacial score (nSPS) is 11.3. The minimum Gasteiger partial charge on any atom is -0.235 e. The Morgan fingerprint density at radius 1 is 1.19 bits per heavy atom. The molecule has 0 atom stereocenters. The maximum absolute atomic E-state index is 13.2. The van der Waals surface area contributed by atoms with Gasteiger partial charge in [-0.1, -0.05) is 37.2 Å². The van der Waals surface area contributed by atoms with Crippen LogP contribution in [0, 0.1) is 5.82 Å². The Kier molecular flexibility index (Phi) is 5.40. The molecular formula is C18H17FN6S2. The fourth-order valence-corrected chi connectivity index (χ4v) is 4.77. The molecule has 0 bridgehead atoms. The Bertz CT molecular complexity index is 1040. The average Bonchev–Trinajstić information content (AvgIpc) is 3.32.